The Morgan fingerprint density at radius 1 is 1.53 bits per heavy atom. The van der Waals surface area contributed by atoms with Gasteiger partial charge in [-0.2, -0.15) is 5.10 Å². The number of hydrogen-bond acceptors (Lipinski definition) is 3. The summed E-state index contributed by atoms with van der Waals surface area (Å²) in [6.45, 7) is 10.6. The van der Waals surface area contributed by atoms with Gasteiger partial charge in [0.1, 0.15) is 12.4 Å². The molecular weight excluding hydrogens is 260 g/mol. The van der Waals surface area contributed by atoms with Crippen LogP contribution in [-0.2, 0) is 17.8 Å². The van der Waals surface area contributed by atoms with Gasteiger partial charge in [0, 0.05) is 12.5 Å². The van der Waals surface area contributed by atoms with Crippen LogP contribution >= 0.6 is 12.2 Å². The number of aromatic amines is 1. The van der Waals surface area contributed by atoms with E-state index in [0.717, 1.165) is 18.7 Å². The maximum absolute atomic E-state index is 12.1. The summed E-state index contributed by atoms with van der Waals surface area (Å²) < 4.78 is 2.27. The predicted octanol–water partition coefficient (Wildman–Crippen LogP) is 2.44. The highest BCUT2D eigenvalue weighted by Crippen LogP contribution is 2.18. The predicted molar refractivity (Wildman–Crippen MR) is 78.5 cm³/mol. The number of aromatic nitrogens is 3. The van der Waals surface area contributed by atoms with Crippen molar-refractivity contribution in [2.45, 2.75) is 60.0 Å². The van der Waals surface area contributed by atoms with E-state index in [2.05, 4.69) is 43.2 Å². The van der Waals surface area contributed by atoms with Crippen LogP contribution in [0.3, 0.4) is 0 Å². The molecule has 0 bridgehead atoms. The number of nitrogens with one attached hydrogen (secondary N) is 2. The second-order valence-corrected chi connectivity index (χ2v) is 6.32. The molecule has 6 heteroatoms. The zero-order chi connectivity index (χ0) is 14.6. The zero-order valence-corrected chi connectivity index (χ0v) is 13.2. The minimum Gasteiger partial charge on any atom is -0.352 e. The Morgan fingerprint density at radius 3 is 2.68 bits per heavy atom. The van der Waals surface area contributed by atoms with Crippen molar-refractivity contribution < 1.29 is 4.79 Å². The molecule has 0 saturated heterocycles. The monoisotopic (exact) mass is 284 g/mol. The molecule has 19 heavy (non-hydrogen) atoms. The fourth-order valence-corrected chi connectivity index (χ4v) is 1.79. The van der Waals surface area contributed by atoms with Gasteiger partial charge in [-0.1, -0.05) is 27.7 Å². The average Bonchev–Trinajstić information content (AvgIpc) is 2.60. The fourth-order valence-electron chi connectivity index (χ4n) is 1.58. The largest absolute Gasteiger partial charge is 0.352 e. The van der Waals surface area contributed by atoms with E-state index < -0.39 is 0 Å². The first kappa shape index (κ1) is 15.9. The van der Waals surface area contributed by atoms with E-state index in [4.69, 9.17) is 12.2 Å². The van der Waals surface area contributed by atoms with Crippen molar-refractivity contribution in [3.8, 4) is 0 Å². The number of H-pyrrole nitrogens is 1. The average molecular weight is 284 g/mol. The van der Waals surface area contributed by atoms with Crippen LogP contribution in [0, 0.1) is 10.2 Å². The van der Waals surface area contributed by atoms with Crippen LogP contribution in [0.2, 0.25) is 0 Å². The number of carbonyl (C=O) groups excluding carboxylic acids is 1. The third-order valence-corrected chi connectivity index (χ3v) is 3.60. The third-order valence-electron chi connectivity index (χ3n) is 3.29. The van der Waals surface area contributed by atoms with Crippen LogP contribution in [0.25, 0.3) is 0 Å². The van der Waals surface area contributed by atoms with E-state index >= 15 is 0 Å². The lowest BCUT2D eigenvalue weighted by Crippen LogP contribution is -2.42. The number of nitrogens with zero attached hydrogens (tertiary/aromatic N) is 2. The van der Waals surface area contributed by atoms with Gasteiger partial charge in [0.15, 0.2) is 4.77 Å². The molecule has 0 fully saturated rings. The summed E-state index contributed by atoms with van der Waals surface area (Å²) in [5, 5.41) is 9.91. The van der Waals surface area contributed by atoms with Gasteiger partial charge < -0.3 is 5.32 Å². The van der Waals surface area contributed by atoms with Crippen molar-refractivity contribution in [1.82, 2.24) is 20.1 Å². The minimum atomic E-state index is -0.0303. The van der Waals surface area contributed by atoms with Gasteiger partial charge in [0.2, 0.25) is 5.91 Å². The first-order valence-electron chi connectivity index (χ1n) is 6.69. The third kappa shape index (κ3) is 4.45. The summed E-state index contributed by atoms with van der Waals surface area (Å²) in [4.78, 5) is 12.1. The molecule has 1 aromatic rings. The van der Waals surface area contributed by atoms with Gasteiger partial charge in [0.05, 0.1) is 0 Å². The molecule has 0 spiro atoms. The van der Waals surface area contributed by atoms with Crippen molar-refractivity contribution in [3.05, 3.63) is 10.6 Å². The summed E-state index contributed by atoms with van der Waals surface area (Å²) >= 11 is 5.16. The van der Waals surface area contributed by atoms with E-state index in [9.17, 15) is 4.79 Å². The van der Waals surface area contributed by atoms with E-state index in [1.165, 1.54) is 0 Å². The summed E-state index contributed by atoms with van der Waals surface area (Å²) in [7, 11) is 0. The highest BCUT2D eigenvalue weighted by molar-refractivity contribution is 7.71. The molecule has 1 heterocycles. The maximum Gasteiger partial charge on any atom is 0.240 e. The van der Waals surface area contributed by atoms with Crippen LogP contribution in [0.4, 0.5) is 0 Å². The summed E-state index contributed by atoms with van der Waals surface area (Å²) in [6, 6.07) is 0.107. The van der Waals surface area contributed by atoms with E-state index in [-0.39, 0.29) is 23.9 Å². The molecule has 0 unspecified atom stereocenters. The minimum absolute atomic E-state index is 0.0303. The number of amides is 1. The van der Waals surface area contributed by atoms with Crippen LogP contribution in [0.5, 0.6) is 0 Å². The molecule has 0 aliphatic carbocycles. The van der Waals surface area contributed by atoms with Crippen LogP contribution < -0.4 is 5.32 Å². The van der Waals surface area contributed by atoms with Crippen molar-refractivity contribution in [3.63, 3.8) is 0 Å². The molecule has 2 N–H and O–H groups in total. The Hall–Kier alpha value is -1.17. The summed E-state index contributed by atoms with van der Waals surface area (Å²) in [5.41, 5.74) is 0.0414. The van der Waals surface area contributed by atoms with Gasteiger partial charge in [-0.25, -0.2) is 0 Å². The fraction of sp³-hybridized carbons (Fsp3) is 0.769. The van der Waals surface area contributed by atoms with Crippen molar-refractivity contribution in [1.29, 1.82) is 0 Å². The molecule has 0 aliphatic heterocycles. The molecule has 1 atom stereocenters. The molecule has 0 aliphatic rings. The van der Waals surface area contributed by atoms with Crippen molar-refractivity contribution >= 4 is 18.1 Å². The SMILES string of the molecule is CCCc1n[nH]c(=S)n1CC(=O)N[C@@H](C)C(C)(C)C. The smallest absolute Gasteiger partial charge is 0.240 e. The van der Waals surface area contributed by atoms with Crippen molar-refractivity contribution in [2.75, 3.05) is 0 Å². The first-order valence-corrected chi connectivity index (χ1v) is 7.10. The normalized spacial score (nSPS) is 13.3. The quantitative estimate of drug-likeness (QED) is 0.816. The summed E-state index contributed by atoms with van der Waals surface area (Å²) in [6.07, 6.45) is 1.79. The van der Waals surface area contributed by atoms with Gasteiger partial charge in [-0.05, 0) is 31.0 Å². The Labute approximate surface area is 119 Å². The Morgan fingerprint density at radius 2 is 2.16 bits per heavy atom. The van der Waals surface area contributed by atoms with E-state index in [1.54, 1.807) is 4.57 Å². The van der Waals surface area contributed by atoms with Crippen molar-refractivity contribution in [2.24, 2.45) is 5.41 Å². The van der Waals surface area contributed by atoms with Gasteiger partial charge in [0.25, 0.3) is 0 Å². The highest BCUT2D eigenvalue weighted by atomic mass is 32.1. The van der Waals surface area contributed by atoms with E-state index in [0.29, 0.717) is 4.77 Å². The number of hydrogen-bond donors (Lipinski definition) is 2. The molecule has 0 saturated carbocycles. The second-order valence-electron chi connectivity index (χ2n) is 5.94. The van der Waals surface area contributed by atoms with Gasteiger partial charge in [-0.3, -0.25) is 14.5 Å². The van der Waals surface area contributed by atoms with Crippen LogP contribution in [0.1, 0.15) is 46.9 Å². The Bertz CT molecular complexity index is 484. The first-order chi connectivity index (χ1) is 8.75. The van der Waals surface area contributed by atoms with Crippen LogP contribution in [0.15, 0.2) is 0 Å². The van der Waals surface area contributed by atoms with Gasteiger partial charge >= 0.3 is 0 Å². The molecule has 1 amide bonds. The molecule has 1 aromatic heterocycles. The number of carbonyl (C=O) groups is 1. The standard InChI is InChI=1S/C13H24N4OS/c1-6-7-10-15-16-12(19)17(10)8-11(18)14-9(2)13(3,4)5/h9H,6-8H2,1-5H3,(H,14,18)(H,16,19)/t9-/m0/s1. The number of aryl methyl sites for hydroxylation is 1. The highest BCUT2D eigenvalue weighted by Gasteiger charge is 2.22. The topological polar surface area (TPSA) is 62.7 Å². The lowest BCUT2D eigenvalue weighted by molar-refractivity contribution is -0.123. The lowest BCUT2D eigenvalue weighted by Gasteiger charge is -2.28. The summed E-state index contributed by atoms with van der Waals surface area (Å²) in [5.74, 6) is 0.809. The van der Waals surface area contributed by atoms with Crippen LogP contribution in [-0.4, -0.2) is 26.7 Å². The Kier molecular flexibility index (Phi) is 5.29. The van der Waals surface area contributed by atoms with Gasteiger partial charge in [-0.15, -0.1) is 0 Å². The van der Waals surface area contributed by atoms with E-state index in [1.807, 2.05) is 6.92 Å². The number of rotatable bonds is 5. The molecule has 0 aromatic carbocycles. The molecule has 108 valence electrons. The molecule has 1 rings (SSSR count). The molecular formula is C13H24N4OS. The second kappa shape index (κ2) is 6.32. The Balaban J connectivity index is 2.72. The molecule has 0 radical (unpaired) electrons. The molecule has 5 nitrogen and oxygen atoms in total. The lowest BCUT2D eigenvalue weighted by atomic mass is 9.88. The maximum atomic E-state index is 12.1. The zero-order valence-electron chi connectivity index (χ0n) is 12.4.